The molecule has 0 aliphatic heterocycles. The van der Waals surface area contributed by atoms with Gasteiger partial charge in [0, 0.05) is 6.20 Å². The van der Waals surface area contributed by atoms with E-state index < -0.39 is 5.97 Å². The monoisotopic (exact) mass is 194 g/mol. The maximum absolute atomic E-state index is 10.2. The van der Waals surface area contributed by atoms with Gasteiger partial charge in [-0.1, -0.05) is 12.2 Å². The highest BCUT2D eigenvalue weighted by Crippen LogP contribution is 2.18. The van der Waals surface area contributed by atoms with E-state index in [0.29, 0.717) is 5.56 Å². The highest BCUT2D eigenvalue weighted by Gasteiger charge is 1.97. The molecule has 0 unspecified atom stereocenters. The summed E-state index contributed by atoms with van der Waals surface area (Å²) in [5.41, 5.74) is 5.90. The Balaban J connectivity index is 2.73. The molecule has 0 bridgehead atoms. The number of carboxylic acids is 1. The van der Waals surface area contributed by atoms with Gasteiger partial charge >= 0.3 is 5.97 Å². The lowest BCUT2D eigenvalue weighted by Gasteiger charge is -1.97. The third-order valence-electron chi connectivity index (χ3n) is 1.52. The third-order valence-corrected chi connectivity index (χ3v) is 1.52. The first-order valence-corrected chi connectivity index (χ1v) is 3.92. The Kier molecular flexibility index (Phi) is 3.06. The molecule has 1 aromatic rings. The Morgan fingerprint density at radius 1 is 1.64 bits per heavy atom. The van der Waals surface area contributed by atoms with Crippen molar-refractivity contribution in [3.8, 4) is 5.75 Å². The van der Waals surface area contributed by atoms with Gasteiger partial charge in [-0.25, -0.2) is 4.98 Å². The average molecular weight is 194 g/mol. The molecule has 1 aromatic heterocycles. The summed E-state index contributed by atoms with van der Waals surface area (Å²) in [6.45, 7) is 0. The largest absolute Gasteiger partial charge is 0.504 e. The molecule has 0 saturated heterocycles. The Labute approximate surface area is 80.5 Å². The molecule has 0 atom stereocenters. The van der Waals surface area contributed by atoms with Gasteiger partial charge in [-0.15, -0.1) is 0 Å². The topological polar surface area (TPSA) is 96.4 Å². The lowest BCUT2D eigenvalue weighted by Crippen LogP contribution is -1.91. The molecule has 0 aromatic carbocycles. The summed E-state index contributed by atoms with van der Waals surface area (Å²) in [4.78, 5) is 13.9. The summed E-state index contributed by atoms with van der Waals surface area (Å²) in [5.74, 6) is -0.961. The Morgan fingerprint density at radius 2 is 2.36 bits per heavy atom. The summed E-state index contributed by atoms with van der Waals surface area (Å²) >= 11 is 0. The minimum atomic E-state index is -0.908. The molecule has 5 nitrogen and oxygen atoms in total. The van der Waals surface area contributed by atoms with Gasteiger partial charge in [-0.2, -0.15) is 0 Å². The predicted molar refractivity (Wildman–Crippen MR) is 51.6 cm³/mol. The molecular weight excluding hydrogens is 184 g/mol. The summed E-state index contributed by atoms with van der Waals surface area (Å²) in [6, 6.07) is 1.42. The van der Waals surface area contributed by atoms with Crippen LogP contribution in [0.15, 0.2) is 18.3 Å². The van der Waals surface area contributed by atoms with Crippen molar-refractivity contribution in [1.29, 1.82) is 0 Å². The normalized spacial score (nSPS) is 10.6. The van der Waals surface area contributed by atoms with Crippen molar-refractivity contribution in [3.63, 3.8) is 0 Å². The minimum Gasteiger partial charge on any atom is -0.504 e. The van der Waals surface area contributed by atoms with Crippen molar-refractivity contribution in [2.75, 3.05) is 5.73 Å². The van der Waals surface area contributed by atoms with Gasteiger partial charge < -0.3 is 15.9 Å². The summed E-state index contributed by atoms with van der Waals surface area (Å²) in [7, 11) is 0. The number of nitrogen functional groups attached to an aromatic ring is 1. The maximum atomic E-state index is 10.2. The number of aromatic hydroxyl groups is 1. The van der Waals surface area contributed by atoms with Gasteiger partial charge in [0.2, 0.25) is 0 Å². The van der Waals surface area contributed by atoms with E-state index in [0.717, 1.165) is 0 Å². The molecule has 14 heavy (non-hydrogen) atoms. The summed E-state index contributed by atoms with van der Waals surface area (Å²) < 4.78 is 0. The van der Waals surface area contributed by atoms with Gasteiger partial charge in [0.05, 0.1) is 6.42 Å². The van der Waals surface area contributed by atoms with Gasteiger partial charge in [0.15, 0.2) is 11.6 Å². The number of nitrogens with zero attached hydrogens (tertiary/aromatic N) is 1. The number of carbonyl (C=O) groups is 1. The van der Waals surface area contributed by atoms with Gasteiger partial charge in [-0.3, -0.25) is 4.79 Å². The molecule has 1 rings (SSSR count). The quantitative estimate of drug-likeness (QED) is 0.663. The summed E-state index contributed by atoms with van der Waals surface area (Å²) in [5, 5.41) is 17.5. The maximum Gasteiger partial charge on any atom is 0.307 e. The van der Waals surface area contributed by atoms with Crippen molar-refractivity contribution < 1.29 is 15.0 Å². The fraction of sp³-hybridized carbons (Fsp3) is 0.111. The Morgan fingerprint density at radius 3 is 2.93 bits per heavy atom. The molecule has 1 heterocycles. The van der Waals surface area contributed by atoms with Crippen molar-refractivity contribution in [2.45, 2.75) is 6.42 Å². The van der Waals surface area contributed by atoms with Crippen LogP contribution in [-0.2, 0) is 4.79 Å². The first kappa shape index (κ1) is 10.0. The van der Waals surface area contributed by atoms with Crippen molar-refractivity contribution in [3.05, 3.63) is 23.9 Å². The number of pyridine rings is 1. The Hall–Kier alpha value is -2.04. The van der Waals surface area contributed by atoms with E-state index >= 15 is 0 Å². The van der Waals surface area contributed by atoms with Crippen LogP contribution in [0.2, 0.25) is 0 Å². The third kappa shape index (κ3) is 2.78. The van der Waals surface area contributed by atoms with Gasteiger partial charge in [0.25, 0.3) is 0 Å². The van der Waals surface area contributed by atoms with Crippen LogP contribution < -0.4 is 5.73 Å². The minimum absolute atomic E-state index is 0.0559. The van der Waals surface area contributed by atoms with Crippen LogP contribution >= 0.6 is 0 Å². The molecular formula is C9H10N2O3. The van der Waals surface area contributed by atoms with Crippen LogP contribution in [0.3, 0.4) is 0 Å². The molecule has 0 amide bonds. The average Bonchev–Trinajstić information content (AvgIpc) is 2.10. The number of anilines is 1. The second kappa shape index (κ2) is 4.27. The second-order valence-corrected chi connectivity index (χ2v) is 2.67. The number of rotatable bonds is 3. The number of nitrogens with two attached hydrogens (primary N) is 1. The highest BCUT2D eigenvalue weighted by molar-refractivity contribution is 5.70. The van der Waals surface area contributed by atoms with Crippen molar-refractivity contribution in [2.24, 2.45) is 0 Å². The number of hydrogen-bond acceptors (Lipinski definition) is 4. The molecule has 74 valence electrons. The number of aromatic nitrogens is 1. The van der Waals surface area contributed by atoms with Gasteiger partial charge in [-0.05, 0) is 11.6 Å². The highest BCUT2D eigenvalue weighted by atomic mass is 16.4. The van der Waals surface area contributed by atoms with E-state index in [2.05, 4.69) is 4.98 Å². The van der Waals surface area contributed by atoms with E-state index in [9.17, 15) is 9.90 Å². The molecule has 5 heteroatoms. The van der Waals surface area contributed by atoms with Crippen LogP contribution in [-0.4, -0.2) is 21.2 Å². The van der Waals surface area contributed by atoms with Gasteiger partial charge in [0.1, 0.15) is 0 Å². The molecule has 0 fully saturated rings. The Bertz CT molecular complexity index is 374. The molecule has 0 radical (unpaired) electrons. The molecule has 0 aliphatic carbocycles. The van der Waals surface area contributed by atoms with Crippen LogP contribution in [0.5, 0.6) is 5.75 Å². The zero-order valence-electron chi connectivity index (χ0n) is 7.34. The second-order valence-electron chi connectivity index (χ2n) is 2.67. The van der Waals surface area contributed by atoms with E-state index in [1.165, 1.54) is 18.3 Å². The lowest BCUT2D eigenvalue weighted by atomic mass is 10.2. The zero-order valence-corrected chi connectivity index (χ0v) is 7.34. The van der Waals surface area contributed by atoms with Crippen molar-refractivity contribution in [1.82, 2.24) is 4.98 Å². The first-order valence-electron chi connectivity index (χ1n) is 3.92. The summed E-state index contributed by atoms with van der Waals surface area (Å²) in [6.07, 6.45) is 4.41. The van der Waals surface area contributed by atoms with E-state index in [-0.39, 0.29) is 18.0 Å². The standard InChI is InChI=1S/C9H10N2O3/c10-9-7(12)4-6(5-11-9)2-1-3-8(13)14/h1-2,4-5,12H,3H2,(H2,10,11)(H,13,14). The predicted octanol–water partition coefficient (Wildman–Crippen LogP) is 0.857. The fourth-order valence-corrected chi connectivity index (χ4v) is 0.866. The zero-order chi connectivity index (χ0) is 10.6. The lowest BCUT2D eigenvalue weighted by molar-refractivity contribution is -0.135. The molecule has 0 saturated carbocycles. The smallest absolute Gasteiger partial charge is 0.307 e. The van der Waals surface area contributed by atoms with Crippen LogP contribution in [0, 0.1) is 0 Å². The van der Waals surface area contributed by atoms with Crippen LogP contribution in [0.4, 0.5) is 5.82 Å². The SMILES string of the molecule is Nc1ncc(C=CCC(=O)O)cc1O. The van der Waals surface area contributed by atoms with E-state index in [1.54, 1.807) is 6.08 Å². The van der Waals surface area contributed by atoms with E-state index in [1.807, 2.05) is 0 Å². The number of hydrogen-bond donors (Lipinski definition) is 3. The molecule has 0 spiro atoms. The van der Waals surface area contributed by atoms with Crippen molar-refractivity contribution >= 4 is 17.9 Å². The molecule has 4 N–H and O–H groups in total. The van der Waals surface area contributed by atoms with E-state index in [4.69, 9.17) is 10.8 Å². The first-order chi connectivity index (χ1) is 6.59. The van der Waals surface area contributed by atoms with Crippen LogP contribution in [0.1, 0.15) is 12.0 Å². The number of aliphatic carboxylic acids is 1. The van der Waals surface area contributed by atoms with Crippen LogP contribution in [0.25, 0.3) is 6.08 Å². The fourth-order valence-electron chi connectivity index (χ4n) is 0.866. The number of carboxylic acid groups (broad SMARTS) is 1. The molecule has 0 aliphatic rings.